The fourth-order valence-electron chi connectivity index (χ4n) is 3.32. The van der Waals surface area contributed by atoms with Crippen molar-refractivity contribution in [1.82, 2.24) is 10.3 Å². The van der Waals surface area contributed by atoms with Gasteiger partial charge < -0.3 is 10.1 Å². The highest BCUT2D eigenvalue weighted by Gasteiger charge is 2.31. The SMILES string of the molecule is O=C(Nc1cccc2cnccc12)O[C@@H]1CNC[C@H]1c1ccccc1. The van der Waals surface area contributed by atoms with E-state index in [-0.39, 0.29) is 12.0 Å². The van der Waals surface area contributed by atoms with Gasteiger partial charge in [0.1, 0.15) is 6.10 Å². The van der Waals surface area contributed by atoms with Gasteiger partial charge in [0, 0.05) is 42.2 Å². The van der Waals surface area contributed by atoms with E-state index >= 15 is 0 Å². The number of ether oxygens (including phenoxy) is 1. The number of aromatic nitrogens is 1. The molecule has 2 N–H and O–H groups in total. The van der Waals surface area contributed by atoms with Crippen molar-refractivity contribution in [3.05, 3.63) is 72.6 Å². The molecular formula is C20H19N3O2. The van der Waals surface area contributed by atoms with Crippen LogP contribution in [-0.4, -0.2) is 30.3 Å². The summed E-state index contributed by atoms with van der Waals surface area (Å²) in [5.74, 6) is 0.170. The van der Waals surface area contributed by atoms with Gasteiger partial charge in [0.05, 0.1) is 5.69 Å². The maximum absolute atomic E-state index is 12.4. The molecule has 2 aromatic carbocycles. The lowest BCUT2D eigenvalue weighted by Gasteiger charge is -2.20. The van der Waals surface area contributed by atoms with Crippen LogP contribution >= 0.6 is 0 Å². The Labute approximate surface area is 146 Å². The number of carbonyl (C=O) groups is 1. The van der Waals surface area contributed by atoms with Crippen LogP contribution in [0.25, 0.3) is 10.8 Å². The Hall–Kier alpha value is -2.92. The molecule has 1 saturated heterocycles. The molecule has 1 aliphatic rings. The number of pyridine rings is 1. The van der Waals surface area contributed by atoms with E-state index in [4.69, 9.17) is 4.74 Å². The van der Waals surface area contributed by atoms with Crippen LogP contribution < -0.4 is 10.6 Å². The topological polar surface area (TPSA) is 63.2 Å². The van der Waals surface area contributed by atoms with E-state index in [0.29, 0.717) is 6.54 Å². The van der Waals surface area contributed by atoms with Crippen molar-refractivity contribution in [2.45, 2.75) is 12.0 Å². The predicted octanol–water partition coefficient (Wildman–Crippen LogP) is 3.54. The normalized spacial score (nSPS) is 19.7. The van der Waals surface area contributed by atoms with Gasteiger partial charge in [-0.1, -0.05) is 42.5 Å². The first-order chi connectivity index (χ1) is 12.3. The van der Waals surface area contributed by atoms with Crippen molar-refractivity contribution in [3.8, 4) is 0 Å². The molecule has 2 heterocycles. The minimum Gasteiger partial charge on any atom is -0.444 e. The van der Waals surface area contributed by atoms with Crippen LogP contribution in [0, 0.1) is 0 Å². The van der Waals surface area contributed by atoms with Crippen molar-refractivity contribution in [2.24, 2.45) is 0 Å². The van der Waals surface area contributed by atoms with Crippen LogP contribution in [0.15, 0.2) is 67.0 Å². The zero-order valence-electron chi connectivity index (χ0n) is 13.7. The van der Waals surface area contributed by atoms with Gasteiger partial charge in [0.2, 0.25) is 0 Å². The van der Waals surface area contributed by atoms with Crippen LogP contribution in [0.5, 0.6) is 0 Å². The molecule has 0 spiro atoms. The summed E-state index contributed by atoms with van der Waals surface area (Å²) in [4.78, 5) is 16.5. The molecule has 25 heavy (non-hydrogen) atoms. The van der Waals surface area contributed by atoms with Crippen LogP contribution in [0.1, 0.15) is 11.5 Å². The smallest absolute Gasteiger partial charge is 0.411 e. The molecule has 3 aromatic rings. The standard InChI is InChI=1S/C20H19N3O2/c24-20(23-18-8-4-7-15-11-21-10-9-16(15)18)25-19-13-22-12-17(19)14-5-2-1-3-6-14/h1-11,17,19,22H,12-13H2,(H,23,24)/t17-,19+/m0/s1. The van der Waals surface area contributed by atoms with Crippen LogP contribution in [-0.2, 0) is 4.74 Å². The zero-order chi connectivity index (χ0) is 17.1. The molecule has 1 fully saturated rings. The van der Waals surface area contributed by atoms with Gasteiger partial charge in [-0.2, -0.15) is 0 Å². The summed E-state index contributed by atoms with van der Waals surface area (Å²) in [6.45, 7) is 1.47. The van der Waals surface area contributed by atoms with Crippen LogP contribution in [0.2, 0.25) is 0 Å². The fourth-order valence-corrected chi connectivity index (χ4v) is 3.32. The van der Waals surface area contributed by atoms with E-state index in [0.717, 1.165) is 23.0 Å². The molecule has 126 valence electrons. The average molecular weight is 333 g/mol. The Balaban J connectivity index is 1.48. The summed E-state index contributed by atoms with van der Waals surface area (Å²) in [5, 5.41) is 8.09. The lowest BCUT2D eigenvalue weighted by atomic mass is 9.96. The first-order valence-corrected chi connectivity index (χ1v) is 8.37. The lowest BCUT2D eigenvalue weighted by molar-refractivity contribution is 0.112. The Bertz CT molecular complexity index is 877. The van der Waals surface area contributed by atoms with E-state index in [2.05, 4.69) is 27.8 Å². The number of nitrogens with one attached hydrogen (secondary N) is 2. The first-order valence-electron chi connectivity index (χ1n) is 8.37. The zero-order valence-corrected chi connectivity index (χ0v) is 13.7. The second-order valence-corrected chi connectivity index (χ2v) is 6.15. The maximum atomic E-state index is 12.4. The van der Waals surface area contributed by atoms with Gasteiger partial charge >= 0.3 is 6.09 Å². The molecule has 0 saturated carbocycles. The summed E-state index contributed by atoms with van der Waals surface area (Å²) in [5.41, 5.74) is 1.91. The highest BCUT2D eigenvalue weighted by molar-refractivity contribution is 5.99. The van der Waals surface area contributed by atoms with E-state index in [1.807, 2.05) is 42.5 Å². The number of fused-ring (bicyclic) bond motifs is 1. The average Bonchev–Trinajstić information content (AvgIpc) is 3.11. The molecular weight excluding hydrogens is 314 g/mol. The third-order valence-electron chi connectivity index (χ3n) is 4.56. The van der Waals surface area contributed by atoms with Gasteiger partial charge in [0.25, 0.3) is 0 Å². The summed E-state index contributed by atoms with van der Waals surface area (Å²) >= 11 is 0. The summed E-state index contributed by atoms with van der Waals surface area (Å²) in [6.07, 6.45) is 2.88. The molecule has 0 bridgehead atoms. The third kappa shape index (κ3) is 3.32. The molecule has 0 aliphatic carbocycles. The molecule has 4 rings (SSSR count). The molecule has 2 atom stereocenters. The van der Waals surface area contributed by atoms with Crippen molar-refractivity contribution < 1.29 is 9.53 Å². The molecule has 5 heteroatoms. The van der Waals surface area contributed by atoms with Gasteiger partial charge in [-0.15, -0.1) is 0 Å². The van der Waals surface area contributed by atoms with Crippen molar-refractivity contribution in [3.63, 3.8) is 0 Å². The summed E-state index contributed by atoms with van der Waals surface area (Å²) < 4.78 is 5.70. The molecule has 1 amide bonds. The summed E-state index contributed by atoms with van der Waals surface area (Å²) in [7, 11) is 0. The molecule has 1 aliphatic heterocycles. The third-order valence-corrected chi connectivity index (χ3v) is 4.56. The Morgan fingerprint density at radius 1 is 1.08 bits per heavy atom. The minimum absolute atomic E-state index is 0.170. The minimum atomic E-state index is -0.432. The van der Waals surface area contributed by atoms with Crippen molar-refractivity contribution in [1.29, 1.82) is 0 Å². The number of rotatable bonds is 3. The number of amides is 1. The van der Waals surface area contributed by atoms with Gasteiger partial charge in [0.15, 0.2) is 0 Å². The number of nitrogens with zero attached hydrogens (tertiary/aromatic N) is 1. The monoisotopic (exact) mass is 333 g/mol. The summed E-state index contributed by atoms with van der Waals surface area (Å²) in [6, 6.07) is 17.8. The van der Waals surface area contributed by atoms with Crippen molar-refractivity contribution >= 4 is 22.6 Å². The van der Waals surface area contributed by atoms with E-state index in [1.165, 1.54) is 5.56 Å². The van der Waals surface area contributed by atoms with Gasteiger partial charge in [-0.25, -0.2) is 4.79 Å². The highest BCUT2D eigenvalue weighted by atomic mass is 16.6. The second kappa shape index (κ2) is 6.91. The molecule has 0 radical (unpaired) electrons. The van der Waals surface area contributed by atoms with Gasteiger partial charge in [-0.3, -0.25) is 10.3 Å². The molecule has 0 unspecified atom stereocenters. The maximum Gasteiger partial charge on any atom is 0.411 e. The van der Waals surface area contributed by atoms with E-state index in [9.17, 15) is 4.79 Å². The highest BCUT2D eigenvalue weighted by Crippen LogP contribution is 2.26. The van der Waals surface area contributed by atoms with E-state index < -0.39 is 6.09 Å². The number of anilines is 1. The number of carbonyl (C=O) groups excluding carboxylic acids is 1. The Kier molecular flexibility index (Phi) is 4.31. The second-order valence-electron chi connectivity index (χ2n) is 6.15. The van der Waals surface area contributed by atoms with Crippen LogP contribution in [0.4, 0.5) is 10.5 Å². The fraction of sp³-hybridized carbons (Fsp3) is 0.200. The van der Waals surface area contributed by atoms with Crippen LogP contribution in [0.3, 0.4) is 0 Å². The van der Waals surface area contributed by atoms with Crippen molar-refractivity contribution in [2.75, 3.05) is 18.4 Å². The number of benzene rings is 2. The first kappa shape index (κ1) is 15.6. The van der Waals surface area contributed by atoms with Gasteiger partial charge in [-0.05, 0) is 17.7 Å². The molecule has 1 aromatic heterocycles. The lowest BCUT2D eigenvalue weighted by Crippen LogP contribution is -2.27. The Morgan fingerprint density at radius 2 is 1.96 bits per heavy atom. The largest absolute Gasteiger partial charge is 0.444 e. The Morgan fingerprint density at radius 3 is 2.84 bits per heavy atom. The quantitative estimate of drug-likeness (QED) is 0.769. The number of hydrogen-bond acceptors (Lipinski definition) is 4. The number of hydrogen-bond donors (Lipinski definition) is 2. The molecule has 5 nitrogen and oxygen atoms in total. The van der Waals surface area contributed by atoms with E-state index in [1.54, 1.807) is 12.4 Å². The predicted molar refractivity (Wildman–Crippen MR) is 97.7 cm³/mol.